The van der Waals surface area contributed by atoms with Crippen LogP contribution in [-0.2, 0) is 5.75 Å². The lowest BCUT2D eigenvalue weighted by molar-refractivity contribution is 1.07. The van der Waals surface area contributed by atoms with Crippen LogP contribution in [-0.4, -0.2) is 24.9 Å². The molecule has 0 aromatic carbocycles. The third-order valence-corrected chi connectivity index (χ3v) is 4.21. The first kappa shape index (κ1) is 12.9. The SMILES string of the molecule is Cc1cnc(CSc2ncnc3nc[nH]c23)c(C)c1N. The fourth-order valence-corrected chi connectivity index (χ4v) is 2.91. The van der Waals surface area contributed by atoms with Crippen molar-refractivity contribution in [1.82, 2.24) is 24.9 Å². The normalized spacial score (nSPS) is 11.1. The van der Waals surface area contributed by atoms with Gasteiger partial charge < -0.3 is 10.7 Å². The number of hydrogen-bond acceptors (Lipinski definition) is 6. The van der Waals surface area contributed by atoms with E-state index < -0.39 is 0 Å². The number of fused-ring (bicyclic) bond motifs is 1. The predicted molar refractivity (Wildman–Crippen MR) is 79.4 cm³/mol. The van der Waals surface area contributed by atoms with Crippen LogP contribution >= 0.6 is 11.8 Å². The first-order valence-electron chi connectivity index (χ1n) is 6.14. The number of aromatic nitrogens is 5. The summed E-state index contributed by atoms with van der Waals surface area (Å²) in [5.74, 6) is 0.710. The molecule has 0 unspecified atom stereocenters. The standard InChI is InChI=1S/C13H14N6S/c1-7-3-15-9(8(2)10(7)14)4-20-13-11-12(17-5-16-11)18-6-19-13/h3,5-6H,4H2,1-2H3,(H2,14,15)(H,16,17,18,19). The van der Waals surface area contributed by atoms with E-state index in [4.69, 9.17) is 5.73 Å². The number of H-pyrrole nitrogens is 1. The summed E-state index contributed by atoms with van der Waals surface area (Å²) in [6, 6.07) is 0. The highest BCUT2D eigenvalue weighted by atomic mass is 32.2. The minimum absolute atomic E-state index is 0.676. The van der Waals surface area contributed by atoms with Crippen LogP contribution in [0, 0.1) is 13.8 Å². The van der Waals surface area contributed by atoms with E-state index >= 15 is 0 Å². The zero-order valence-electron chi connectivity index (χ0n) is 11.2. The summed E-state index contributed by atoms with van der Waals surface area (Å²) in [6.07, 6.45) is 4.95. The summed E-state index contributed by atoms with van der Waals surface area (Å²) in [5, 5.41) is 0.868. The van der Waals surface area contributed by atoms with Crippen LogP contribution in [0.15, 0.2) is 23.9 Å². The molecule has 0 aliphatic heterocycles. The average molecular weight is 286 g/mol. The largest absolute Gasteiger partial charge is 0.398 e. The number of imidazole rings is 1. The molecule has 20 heavy (non-hydrogen) atoms. The average Bonchev–Trinajstić information content (AvgIpc) is 2.93. The van der Waals surface area contributed by atoms with E-state index in [1.165, 1.54) is 6.33 Å². The van der Waals surface area contributed by atoms with Gasteiger partial charge in [-0.2, -0.15) is 0 Å². The summed E-state index contributed by atoms with van der Waals surface area (Å²) in [4.78, 5) is 20.0. The molecule has 0 saturated carbocycles. The molecule has 7 heteroatoms. The maximum Gasteiger partial charge on any atom is 0.181 e. The molecule has 102 valence electrons. The molecule has 0 radical (unpaired) electrons. The van der Waals surface area contributed by atoms with Gasteiger partial charge in [0.15, 0.2) is 5.65 Å². The van der Waals surface area contributed by atoms with Crippen LogP contribution in [0.1, 0.15) is 16.8 Å². The predicted octanol–water partition coefficient (Wildman–Crippen LogP) is 2.24. The molecule has 0 saturated heterocycles. The Bertz CT molecular complexity index is 767. The number of nitrogens with two attached hydrogens (primary N) is 1. The van der Waals surface area contributed by atoms with Crippen molar-refractivity contribution in [2.24, 2.45) is 0 Å². The van der Waals surface area contributed by atoms with Crippen LogP contribution in [0.5, 0.6) is 0 Å². The van der Waals surface area contributed by atoms with Crippen molar-refractivity contribution < 1.29 is 0 Å². The molecule has 0 aliphatic carbocycles. The van der Waals surface area contributed by atoms with Gasteiger partial charge >= 0.3 is 0 Å². The van der Waals surface area contributed by atoms with Crippen molar-refractivity contribution in [3.8, 4) is 0 Å². The smallest absolute Gasteiger partial charge is 0.181 e. The van der Waals surface area contributed by atoms with Crippen molar-refractivity contribution in [1.29, 1.82) is 0 Å². The van der Waals surface area contributed by atoms with E-state index in [1.54, 1.807) is 18.1 Å². The molecule has 0 amide bonds. The number of pyridine rings is 1. The van der Waals surface area contributed by atoms with Crippen LogP contribution in [0.25, 0.3) is 11.2 Å². The monoisotopic (exact) mass is 286 g/mol. The molecule has 0 spiro atoms. The van der Waals surface area contributed by atoms with Crippen LogP contribution in [0.3, 0.4) is 0 Å². The number of aromatic amines is 1. The van der Waals surface area contributed by atoms with E-state index in [2.05, 4.69) is 24.9 Å². The molecular formula is C13H14N6S. The van der Waals surface area contributed by atoms with Gasteiger partial charge in [-0.05, 0) is 25.0 Å². The zero-order valence-corrected chi connectivity index (χ0v) is 12.0. The van der Waals surface area contributed by atoms with Gasteiger partial charge in [0.2, 0.25) is 0 Å². The van der Waals surface area contributed by atoms with Crippen LogP contribution in [0.4, 0.5) is 5.69 Å². The summed E-state index contributed by atoms with van der Waals surface area (Å²) in [7, 11) is 0. The number of thioether (sulfide) groups is 1. The third-order valence-electron chi connectivity index (χ3n) is 3.21. The Morgan fingerprint density at radius 3 is 2.90 bits per heavy atom. The second-order valence-corrected chi connectivity index (χ2v) is 5.46. The Morgan fingerprint density at radius 2 is 2.05 bits per heavy atom. The maximum absolute atomic E-state index is 6.03. The summed E-state index contributed by atoms with van der Waals surface area (Å²) >= 11 is 1.60. The molecule has 0 atom stereocenters. The van der Waals surface area contributed by atoms with E-state index in [9.17, 15) is 0 Å². The lowest BCUT2D eigenvalue weighted by Crippen LogP contribution is -2.00. The summed E-state index contributed by atoms with van der Waals surface area (Å²) in [5.41, 5.74) is 11.4. The van der Waals surface area contributed by atoms with Gasteiger partial charge in [-0.25, -0.2) is 15.0 Å². The number of nitrogens with one attached hydrogen (secondary N) is 1. The van der Waals surface area contributed by atoms with Gasteiger partial charge in [0.05, 0.1) is 12.0 Å². The number of aryl methyl sites for hydroxylation is 1. The van der Waals surface area contributed by atoms with Crippen molar-refractivity contribution in [2.45, 2.75) is 24.6 Å². The van der Waals surface area contributed by atoms with Crippen LogP contribution in [0.2, 0.25) is 0 Å². The fourth-order valence-electron chi connectivity index (χ4n) is 1.93. The highest BCUT2D eigenvalue weighted by molar-refractivity contribution is 7.98. The van der Waals surface area contributed by atoms with Gasteiger partial charge in [0, 0.05) is 17.6 Å². The van der Waals surface area contributed by atoms with E-state index in [1.807, 2.05) is 20.0 Å². The molecule has 3 N–H and O–H groups in total. The van der Waals surface area contributed by atoms with Crippen LogP contribution < -0.4 is 5.73 Å². The lowest BCUT2D eigenvalue weighted by Gasteiger charge is -2.09. The quantitative estimate of drug-likeness (QED) is 0.566. The number of anilines is 1. The van der Waals surface area contributed by atoms with E-state index in [0.29, 0.717) is 11.4 Å². The topological polar surface area (TPSA) is 93.4 Å². The number of hydrogen-bond donors (Lipinski definition) is 2. The number of nitrogen functional groups attached to an aromatic ring is 1. The molecule has 3 heterocycles. The zero-order chi connectivity index (χ0) is 14.1. The van der Waals surface area contributed by atoms with E-state index in [-0.39, 0.29) is 0 Å². The second kappa shape index (κ2) is 5.09. The minimum atomic E-state index is 0.676. The Hall–Kier alpha value is -2.15. The summed E-state index contributed by atoms with van der Waals surface area (Å²) in [6.45, 7) is 3.96. The molecule has 0 fully saturated rings. The molecule has 0 bridgehead atoms. The van der Waals surface area contributed by atoms with Gasteiger partial charge in [-0.15, -0.1) is 0 Å². The fraction of sp³-hybridized carbons (Fsp3) is 0.231. The van der Waals surface area contributed by atoms with Crippen molar-refractivity contribution in [3.63, 3.8) is 0 Å². The lowest BCUT2D eigenvalue weighted by atomic mass is 10.1. The van der Waals surface area contributed by atoms with Crippen molar-refractivity contribution in [3.05, 3.63) is 35.7 Å². The van der Waals surface area contributed by atoms with Gasteiger partial charge in [-0.1, -0.05) is 11.8 Å². The highest BCUT2D eigenvalue weighted by Crippen LogP contribution is 2.27. The number of nitrogens with zero attached hydrogens (tertiary/aromatic N) is 4. The Kier molecular flexibility index (Phi) is 3.27. The molecule has 6 nitrogen and oxygen atoms in total. The van der Waals surface area contributed by atoms with Crippen molar-refractivity contribution >= 4 is 28.6 Å². The Balaban J connectivity index is 1.87. The molecule has 3 aromatic heterocycles. The molecule has 0 aliphatic rings. The second-order valence-electron chi connectivity index (χ2n) is 4.50. The Morgan fingerprint density at radius 1 is 1.20 bits per heavy atom. The van der Waals surface area contributed by atoms with E-state index in [0.717, 1.165) is 33.1 Å². The highest BCUT2D eigenvalue weighted by Gasteiger charge is 2.10. The summed E-state index contributed by atoms with van der Waals surface area (Å²) < 4.78 is 0. The third kappa shape index (κ3) is 2.20. The number of rotatable bonds is 3. The molecular weight excluding hydrogens is 272 g/mol. The molecule has 3 rings (SSSR count). The minimum Gasteiger partial charge on any atom is -0.398 e. The van der Waals surface area contributed by atoms with Gasteiger partial charge in [-0.3, -0.25) is 4.98 Å². The molecule has 3 aromatic rings. The van der Waals surface area contributed by atoms with Gasteiger partial charge in [0.1, 0.15) is 16.9 Å². The maximum atomic E-state index is 6.03. The van der Waals surface area contributed by atoms with Gasteiger partial charge in [0.25, 0.3) is 0 Å². The first-order valence-corrected chi connectivity index (χ1v) is 7.13. The Labute approximate surface area is 120 Å². The first-order chi connectivity index (χ1) is 9.66. The van der Waals surface area contributed by atoms with Crippen molar-refractivity contribution in [2.75, 3.05) is 5.73 Å².